The van der Waals surface area contributed by atoms with Crippen LogP contribution in [-0.4, -0.2) is 32.1 Å². The summed E-state index contributed by atoms with van der Waals surface area (Å²) >= 11 is 0. The Morgan fingerprint density at radius 2 is 1.85 bits per heavy atom. The average molecular weight is 183 g/mol. The normalized spacial score (nSPS) is 42.5. The minimum Gasteiger partial charge on any atom is -0.347 e. The van der Waals surface area contributed by atoms with Gasteiger partial charge in [-0.05, 0) is 25.8 Å². The lowest BCUT2D eigenvalue weighted by atomic mass is 9.80. The van der Waals surface area contributed by atoms with Crippen LogP contribution in [0.5, 0.6) is 0 Å². The first-order valence-electron chi connectivity index (χ1n) is 5.36. The molecule has 2 heterocycles. The van der Waals surface area contributed by atoms with E-state index in [4.69, 9.17) is 9.47 Å². The van der Waals surface area contributed by atoms with Crippen molar-refractivity contribution in [1.82, 2.24) is 5.32 Å². The monoisotopic (exact) mass is 183 g/mol. The fraction of sp³-hybridized carbons (Fsp3) is 1.00. The van der Waals surface area contributed by atoms with Crippen LogP contribution < -0.4 is 5.32 Å². The molecule has 3 fully saturated rings. The maximum atomic E-state index is 5.88. The molecule has 2 aliphatic heterocycles. The van der Waals surface area contributed by atoms with E-state index in [2.05, 4.69) is 5.32 Å². The fourth-order valence-electron chi connectivity index (χ4n) is 3.30. The van der Waals surface area contributed by atoms with Gasteiger partial charge in [0.25, 0.3) is 0 Å². The van der Waals surface area contributed by atoms with Crippen LogP contribution in [0.4, 0.5) is 0 Å². The second-order valence-corrected chi connectivity index (χ2v) is 4.51. The predicted molar refractivity (Wildman–Crippen MR) is 48.4 cm³/mol. The Bertz CT molecular complexity index is 172. The molecule has 0 aromatic heterocycles. The van der Waals surface area contributed by atoms with Crippen LogP contribution in [0.1, 0.15) is 25.7 Å². The first kappa shape index (κ1) is 8.21. The van der Waals surface area contributed by atoms with E-state index in [1.54, 1.807) is 0 Å². The summed E-state index contributed by atoms with van der Waals surface area (Å²) in [5.74, 6) is -0.198. The Labute approximate surface area is 78.8 Å². The van der Waals surface area contributed by atoms with E-state index in [9.17, 15) is 0 Å². The van der Waals surface area contributed by atoms with Crippen LogP contribution >= 0.6 is 0 Å². The van der Waals surface area contributed by atoms with Gasteiger partial charge in [0.05, 0.1) is 13.2 Å². The van der Waals surface area contributed by atoms with Crippen molar-refractivity contribution in [3.8, 4) is 0 Å². The summed E-state index contributed by atoms with van der Waals surface area (Å²) in [5.41, 5.74) is 0.309. The lowest BCUT2D eigenvalue weighted by Gasteiger charge is -2.38. The third-order valence-electron chi connectivity index (χ3n) is 3.97. The highest BCUT2D eigenvalue weighted by atomic mass is 16.7. The SMILES string of the molecule is C1CC2(OCCO2)[C@@]2(C1)CCNC2. The molecule has 74 valence electrons. The van der Waals surface area contributed by atoms with E-state index in [0.717, 1.165) is 32.7 Å². The van der Waals surface area contributed by atoms with Crippen molar-refractivity contribution in [1.29, 1.82) is 0 Å². The molecule has 3 nitrogen and oxygen atoms in total. The highest BCUT2D eigenvalue weighted by Crippen LogP contribution is 2.54. The van der Waals surface area contributed by atoms with Gasteiger partial charge < -0.3 is 14.8 Å². The summed E-state index contributed by atoms with van der Waals surface area (Å²) in [6.45, 7) is 3.81. The van der Waals surface area contributed by atoms with E-state index >= 15 is 0 Å². The second kappa shape index (κ2) is 2.69. The summed E-state index contributed by atoms with van der Waals surface area (Å²) in [7, 11) is 0. The molecule has 3 heteroatoms. The molecule has 13 heavy (non-hydrogen) atoms. The van der Waals surface area contributed by atoms with Gasteiger partial charge in [-0.2, -0.15) is 0 Å². The number of hydrogen-bond acceptors (Lipinski definition) is 3. The van der Waals surface area contributed by atoms with Gasteiger partial charge in [-0.3, -0.25) is 0 Å². The molecule has 0 aromatic rings. The van der Waals surface area contributed by atoms with Crippen LogP contribution in [0.2, 0.25) is 0 Å². The summed E-state index contributed by atoms with van der Waals surface area (Å²) in [6.07, 6.45) is 4.88. The topological polar surface area (TPSA) is 30.5 Å². The molecule has 3 aliphatic rings. The first-order valence-corrected chi connectivity index (χ1v) is 5.36. The van der Waals surface area contributed by atoms with Gasteiger partial charge in [0.2, 0.25) is 0 Å². The van der Waals surface area contributed by atoms with Gasteiger partial charge in [-0.1, -0.05) is 0 Å². The Balaban J connectivity index is 1.92. The lowest BCUT2D eigenvalue weighted by molar-refractivity contribution is -0.215. The molecule has 0 amide bonds. The van der Waals surface area contributed by atoms with E-state index in [1.165, 1.54) is 19.3 Å². The third kappa shape index (κ3) is 0.953. The van der Waals surface area contributed by atoms with Crippen molar-refractivity contribution >= 4 is 0 Å². The van der Waals surface area contributed by atoms with Gasteiger partial charge in [0.15, 0.2) is 5.79 Å². The molecule has 1 N–H and O–H groups in total. The van der Waals surface area contributed by atoms with Gasteiger partial charge in [-0.25, -0.2) is 0 Å². The number of rotatable bonds is 0. The zero-order chi connectivity index (χ0) is 8.78. The number of ether oxygens (including phenoxy) is 2. The standard InChI is InChI=1S/C10H17NO2/c1-2-9(4-5-11-8-9)10(3-1)12-6-7-13-10/h11H,1-8H2/t9-/m0/s1. The van der Waals surface area contributed by atoms with Crippen molar-refractivity contribution in [2.75, 3.05) is 26.3 Å². The molecule has 2 saturated heterocycles. The van der Waals surface area contributed by atoms with Crippen molar-refractivity contribution < 1.29 is 9.47 Å². The van der Waals surface area contributed by atoms with Gasteiger partial charge in [-0.15, -0.1) is 0 Å². The third-order valence-corrected chi connectivity index (χ3v) is 3.97. The number of nitrogens with one attached hydrogen (secondary N) is 1. The molecule has 0 radical (unpaired) electrons. The van der Waals surface area contributed by atoms with Gasteiger partial charge in [0, 0.05) is 18.4 Å². The summed E-state index contributed by atoms with van der Waals surface area (Å²) in [5, 5.41) is 3.45. The maximum absolute atomic E-state index is 5.88. The van der Waals surface area contributed by atoms with Crippen LogP contribution in [-0.2, 0) is 9.47 Å². The summed E-state index contributed by atoms with van der Waals surface area (Å²) in [4.78, 5) is 0. The van der Waals surface area contributed by atoms with E-state index in [1.807, 2.05) is 0 Å². The molecular formula is C10H17NO2. The van der Waals surface area contributed by atoms with E-state index in [0.29, 0.717) is 5.41 Å². The molecule has 0 unspecified atom stereocenters. The molecule has 1 saturated carbocycles. The Morgan fingerprint density at radius 1 is 1.00 bits per heavy atom. The van der Waals surface area contributed by atoms with Crippen molar-refractivity contribution in [2.24, 2.45) is 5.41 Å². The lowest BCUT2D eigenvalue weighted by Crippen LogP contribution is -2.46. The van der Waals surface area contributed by atoms with E-state index in [-0.39, 0.29) is 5.79 Å². The van der Waals surface area contributed by atoms with Gasteiger partial charge in [0.1, 0.15) is 0 Å². The molecule has 3 rings (SSSR count). The quantitative estimate of drug-likeness (QED) is 0.605. The number of fused-ring (bicyclic) bond motifs is 1. The zero-order valence-electron chi connectivity index (χ0n) is 7.97. The second-order valence-electron chi connectivity index (χ2n) is 4.51. The maximum Gasteiger partial charge on any atom is 0.175 e. The van der Waals surface area contributed by atoms with Crippen LogP contribution in [0.25, 0.3) is 0 Å². The molecular weight excluding hydrogens is 166 g/mol. The van der Waals surface area contributed by atoms with Crippen LogP contribution in [0, 0.1) is 5.41 Å². The minimum absolute atomic E-state index is 0.198. The Kier molecular flexibility index (Phi) is 1.70. The smallest absolute Gasteiger partial charge is 0.175 e. The molecule has 1 aliphatic carbocycles. The highest BCUT2D eigenvalue weighted by molar-refractivity contribution is 5.05. The van der Waals surface area contributed by atoms with Crippen molar-refractivity contribution in [2.45, 2.75) is 31.5 Å². The van der Waals surface area contributed by atoms with Gasteiger partial charge >= 0.3 is 0 Å². The highest BCUT2D eigenvalue weighted by Gasteiger charge is 2.59. The minimum atomic E-state index is -0.198. The van der Waals surface area contributed by atoms with Crippen molar-refractivity contribution in [3.63, 3.8) is 0 Å². The molecule has 0 bridgehead atoms. The Hall–Kier alpha value is -0.120. The van der Waals surface area contributed by atoms with E-state index < -0.39 is 0 Å². The fourth-order valence-corrected chi connectivity index (χ4v) is 3.30. The molecule has 1 atom stereocenters. The Morgan fingerprint density at radius 3 is 2.54 bits per heavy atom. The summed E-state index contributed by atoms with van der Waals surface area (Å²) in [6, 6.07) is 0. The number of hydrogen-bond donors (Lipinski definition) is 1. The average Bonchev–Trinajstić information content (AvgIpc) is 2.79. The molecule has 0 aromatic carbocycles. The zero-order valence-corrected chi connectivity index (χ0v) is 7.97. The van der Waals surface area contributed by atoms with Crippen LogP contribution in [0.3, 0.4) is 0 Å². The predicted octanol–water partition coefficient (Wildman–Crippen LogP) is 0.893. The first-order chi connectivity index (χ1) is 6.37. The summed E-state index contributed by atoms with van der Waals surface area (Å²) < 4.78 is 11.8. The molecule has 2 spiro atoms. The van der Waals surface area contributed by atoms with Crippen molar-refractivity contribution in [3.05, 3.63) is 0 Å². The van der Waals surface area contributed by atoms with Crippen LogP contribution in [0.15, 0.2) is 0 Å². The largest absolute Gasteiger partial charge is 0.347 e.